The number of para-hydroxylation sites is 1. The molecule has 0 aliphatic carbocycles. The van der Waals surface area contributed by atoms with Gasteiger partial charge in [0.25, 0.3) is 0 Å². The molecule has 2 aromatic rings. The van der Waals surface area contributed by atoms with Crippen LogP contribution in [0.5, 0.6) is 0 Å². The van der Waals surface area contributed by atoms with Crippen molar-refractivity contribution in [2.24, 2.45) is 10.3 Å². The lowest BCUT2D eigenvalue weighted by molar-refractivity contribution is -0.305. The van der Waals surface area contributed by atoms with E-state index in [-0.39, 0.29) is 11.8 Å². The summed E-state index contributed by atoms with van der Waals surface area (Å²) in [7, 11) is 0. The summed E-state index contributed by atoms with van der Waals surface area (Å²) in [5.74, 6) is -0.996. The largest absolute Gasteiger partial charge is 0.550 e. The topological polar surface area (TPSA) is 83.4 Å². The Bertz CT molecular complexity index is 900. The second-order valence-corrected chi connectivity index (χ2v) is 8.37. The van der Waals surface area contributed by atoms with Crippen LogP contribution in [0.1, 0.15) is 30.4 Å². The van der Waals surface area contributed by atoms with E-state index in [9.17, 15) is 9.90 Å². The van der Waals surface area contributed by atoms with E-state index in [1.54, 1.807) is 0 Å². The fourth-order valence-corrected chi connectivity index (χ4v) is 4.11. The quantitative estimate of drug-likeness (QED) is 0.412. The number of benzene rings is 2. The number of carboxylic acids is 1. The molecule has 0 fully saturated rings. The van der Waals surface area contributed by atoms with Crippen molar-refractivity contribution >= 4 is 35.7 Å². The lowest BCUT2D eigenvalue weighted by Crippen LogP contribution is -2.30. The molecule has 0 radical (unpaired) electrons. The minimum atomic E-state index is -0.996. The van der Waals surface area contributed by atoms with Gasteiger partial charge in [0, 0.05) is 37.0 Å². The van der Waals surface area contributed by atoms with Crippen LogP contribution in [-0.4, -0.2) is 37.5 Å². The zero-order chi connectivity index (χ0) is 22.2. The van der Waals surface area contributed by atoms with Crippen molar-refractivity contribution < 1.29 is 9.90 Å². The average molecular weight is 441 g/mol. The highest BCUT2D eigenvalue weighted by Crippen LogP contribution is 2.27. The summed E-state index contributed by atoms with van der Waals surface area (Å²) in [6, 6.07) is 14.3. The van der Waals surface area contributed by atoms with Crippen LogP contribution in [0, 0.1) is 13.8 Å². The first-order valence-electron chi connectivity index (χ1n) is 10.7. The molecule has 2 aromatic carbocycles. The molecule has 1 atom stereocenters. The molecule has 0 aromatic heterocycles. The molecule has 1 heterocycles. The van der Waals surface area contributed by atoms with E-state index in [2.05, 4.69) is 71.3 Å². The van der Waals surface area contributed by atoms with Gasteiger partial charge in [-0.25, -0.2) is 5.01 Å². The molecule has 0 spiro atoms. The third-order valence-corrected chi connectivity index (χ3v) is 5.68. The third kappa shape index (κ3) is 6.37. The SMILES string of the molecule is Cc1cccc(C)c1N(CCCNc1cccc(N2N=NCC2S)c1)CCCC(=O)[O-]. The Morgan fingerprint density at radius 3 is 2.58 bits per heavy atom. The number of carbonyl (C=O) groups excluding carboxylic acids is 1. The summed E-state index contributed by atoms with van der Waals surface area (Å²) < 4.78 is 0. The van der Waals surface area contributed by atoms with Crippen LogP contribution in [0.3, 0.4) is 0 Å². The lowest BCUT2D eigenvalue weighted by atomic mass is 10.1. The van der Waals surface area contributed by atoms with Gasteiger partial charge in [0.05, 0.1) is 12.2 Å². The number of aliphatic carboxylic acids is 1. The van der Waals surface area contributed by atoms with E-state index < -0.39 is 5.97 Å². The predicted molar refractivity (Wildman–Crippen MR) is 127 cm³/mol. The lowest BCUT2D eigenvalue weighted by Gasteiger charge is -2.28. The van der Waals surface area contributed by atoms with E-state index in [0.717, 1.165) is 30.9 Å². The number of thiol groups is 1. The first-order valence-corrected chi connectivity index (χ1v) is 11.2. The summed E-state index contributed by atoms with van der Waals surface area (Å²) in [6.45, 7) is 7.12. The van der Waals surface area contributed by atoms with Crippen molar-refractivity contribution in [3.8, 4) is 0 Å². The summed E-state index contributed by atoms with van der Waals surface area (Å²) >= 11 is 4.50. The number of carbonyl (C=O) groups is 1. The summed E-state index contributed by atoms with van der Waals surface area (Å²) in [5, 5.41) is 24.3. The normalized spacial score (nSPS) is 15.3. The van der Waals surface area contributed by atoms with Gasteiger partial charge < -0.3 is 20.1 Å². The molecule has 166 valence electrons. The molecule has 1 N–H and O–H groups in total. The number of hydrogen-bond acceptors (Lipinski definition) is 8. The molecule has 31 heavy (non-hydrogen) atoms. The average Bonchev–Trinajstić information content (AvgIpc) is 3.16. The standard InChI is InChI=1S/C23H31N5O2S/c1-17-7-3-8-18(2)23(17)27(13-5-11-22(29)30)14-6-12-24-19-9-4-10-20(15-19)28-21(31)16-25-26-28/h3-4,7-10,15,21,24,31H,5-6,11-14,16H2,1-2H3,(H,29,30)/p-1. The minimum absolute atomic E-state index is 0.0258. The third-order valence-electron chi connectivity index (χ3n) is 5.30. The second kappa shape index (κ2) is 11.0. The Kier molecular flexibility index (Phi) is 8.17. The Balaban J connectivity index is 1.58. The maximum absolute atomic E-state index is 10.9. The van der Waals surface area contributed by atoms with Crippen molar-refractivity contribution in [1.82, 2.24) is 0 Å². The Morgan fingerprint density at radius 1 is 1.19 bits per heavy atom. The molecular formula is C23H30N5O2S-. The van der Waals surface area contributed by atoms with Crippen molar-refractivity contribution in [2.75, 3.05) is 41.4 Å². The molecule has 0 amide bonds. The first-order chi connectivity index (χ1) is 15.0. The van der Waals surface area contributed by atoms with Gasteiger partial charge in [0.15, 0.2) is 0 Å². The number of hydrogen-bond donors (Lipinski definition) is 2. The van der Waals surface area contributed by atoms with Crippen LogP contribution in [0.4, 0.5) is 17.1 Å². The molecule has 0 saturated heterocycles. The van der Waals surface area contributed by atoms with Crippen LogP contribution < -0.4 is 20.3 Å². The minimum Gasteiger partial charge on any atom is -0.550 e. The van der Waals surface area contributed by atoms with Crippen molar-refractivity contribution in [3.63, 3.8) is 0 Å². The number of nitrogens with one attached hydrogen (secondary N) is 1. The summed E-state index contributed by atoms with van der Waals surface area (Å²) in [4.78, 5) is 13.1. The molecule has 7 nitrogen and oxygen atoms in total. The van der Waals surface area contributed by atoms with Gasteiger partial charge in [-0.3, -0.25) is 0 Å². The van der Waals surface area contributed by atoms with Gasteiger partial charge in [-0.05, 0) is 62.4 Å². The number of rotatable bonds is 11. The molecule has 0 saturated carbocycles. The zero-order valence-electron chi connectivity index (χ0n) is 18.1. The fraction of sp³-hybridized carbons (Fsp3) is 0.435. The second-order valence-electron chi connectivity index (χ2n) is 7.77. The highest BCUT2D eigenvalue weighted by Gasteiger charge is 2.20. The van der Waals surface area contributed by atoms with Crippen LogP contribution in [0.25, 0.3) is 0 Å². The molecule has 1 aliphatic heterocycles. The van der Waals surface area contributed by atoms with E-state index >= 15 is 0 Å². The highest BCUT2D eigenvalue weighted by molar-refractivity contribution is 7.81. The highest BCUT2D eigenvalue weighted by atomic mass is 32.1. The number of nitrogens with zero attached hydrogens (tertiary/aromatic N) is 4. The molecule has 0 bridgehead atoms. The number of anilines is 3. The summed E-state index contributed by atoms with van der Waals surface area (Å²) in [5.41, 5.74) is 5.59. The van der Waals surface area contributed by atoms with E-state index in [4.69, 9.17) is 0 Å². The first kappa shape index (κ1) is 22.9. The summed E-state index contributed by atoms with van der Waals surface area (Å²) in [6.07, 6.45) is 1.56. The molecule has 1 unspecified atom stereocenters. The van der Waals surface area contributed by atoms with Crippen LogP contribution in [0.15, 0.2) is 52.8 Å². The van der Waals surface area contributed by atoms with Crippen LogP contribution in [0.2, 0.25) is 0 Å². The fourth-order valence-electron chi connectivity index (χ4n) is 3.85. The van der Waals surface area contributed by atoms with E-state index in [1.807, 2.05) is 23.2 Å². The van der Waals surface area contributed by atoms with Crippen LogP contribution >= 0.6 is 12.6 Å². The van der Waals surface area contributed by atoms with E-state index in [0.29, 0.717) is 19.5 Å². The molecular weight excluding hydrogens is 410 g/mol. The Labute approximate surface area is 189 Å². The maximum Gasteiger partial charge on any atom is 0.118 e. The monoisotopic (exact) mass is 440 g/mol. The van der Waals surface area contributed by atoms with Crippen molar-refractivity contribution in [3.05, 3.63) is 53.6 Å². The van der Waals surface area contributed by atoms with Crippen molar-refractivity contribution in [2.45, 2.75) is 38.5 Å². The Hall–Kier alpha value is -2.74. The van der Waals surface area contributed by atoms with Gasteiger partial charge in [0.1, 0.15) is 5.37 Å². The van der Waals surface area contributed by atoms with Gasteiger partial charge in [-0.1, -0.05) is 29.5 Å². The predicted octanol–water partition coefficient (Wildman–Crippen LogP) is 3.59. The van der Waals surface area contributed by atoms with E-state index in [1.165, 1.54) is 16.8 Å². The van der Waals surface area contributed by atoms with Gasteiger partial charge >= 0.3 is 0 Å². The molecule has 3 rings (SSSR count). The smallest absolute Gasteiger partial charge is 0.118 e. The number of carboxylic acid groups (broad SMARTS) is 1. The van der Waals surface area contributed by atoms with Gasteiger partial charge in [-0.2, -0.15) is 17.7 Å². The Morgan fingerprint density at radius 2 is 1.90 bits per heavy atom. The van der Waals surface area contributed by atoms with Crippen LogP contribution in [-0.2, 0) is 4.79 Å². The zero-order valence-corrected chi connectivity index (χ0v) is 19.0. The molecule has 1 aliphatic rings. The maximum atomic E-state index is 10.9. The number of aryl methyl sites for hydroxylation is 2. The van der Waals surface area contributed by atoms with Gasteiger partial charge in [-0.15, -0.1) is 0 Å². The molecule has 8 heteroatoms. The van der Waals surface area contributed by atoms with Crippen molar-refractivity contribution in [1.29, 1.82) is 0 Å². The van der Waals surface area contributed by atoms with Gasteiger partial charge in [0.2, 0.25) is 0 Å².